The number of hydrogen-bond acceptors (Lipinski definition) is 6. The van der Waals surface area contributed by atoms with Gasteiger partial charge in [0.2, 0.25) is 9.97 Å². The lowest BCUT2D eigenvalue weighted by Gasteiger charge is -2.07. The maximum atomic E-state index is 12.2. The molecule has 2 aromatic heterocycles. The number of carbonyl (C=O) groups is 1. The van der Waals surface area contributed by atoms with Gasteiger partial charge in [-0.2, -0.15) is 4.52 Å². The first-order valence-corrected chi connectivity index (χ1v) is 6.64. The molecule has 0 saturated carbocycles. The number of rotatable bonds is 3. The van der Waals surface area contributed by atoms with E-state index in [0.29, 0.717) is 27.2 Å². The highest BCUT2D eigenvalue weighted by atomic mass is 32.1. The van der Waals surface area contributed by atoms with E-state index in [2.05, 4.69) is 20.6 Å². The van der Waals surface area contributed by atoms with Crippen LogP contribution in [0.4, 0.5) is 5.69 Å². The monoisotopic (exact) mass is 289 g/mol. The number of ether oxygens (including phenoxy) is 1. The summed E-state index contributed by atoms with van der Waals surface area (Å²) in [7, 11) is 1.55. The Kier molecular flexibility index (Phi) is 3.07. The van der Waals surface area contributed by atoms with Crippen molar-refractivity contribution in [2.75, 3.05) is 12.4 Å². The number of anilines is 1. The van der Waals surface area contributed by atoms with Gasteiger partial charge >= 0.3 is 0 Å². The van der Waals surface area contributed by atoms with Crippen LogP contribution in [-0.2, 0) is 0 Å². The fourth-order valence-electron chi connectivity index (χ4n) is 1.73. The van der Waals surface area contributed by atoms with Crippen molar-refractivity contribution in [3.8, 4) is 5.75 Å². The number of aryl methyl sites for hydroxylation is 1. The Morgan fingerprint density at radius 1 is 1.35 bits per heavy atom. The minimum atomic E-state index is -0.301. The van der Waals surface area contributed by atoms with Crippen LogP contribution in [0.3, 0.4) is 0 Å². The van der Waals surface area contributed by atoms with Crippen LogP contribution in [0.2, 0.25) is 0 Å². The fraction of sp³-hybridized carbons (Fsp3) is 0.167. The molecular weight excluding hydrogens is 278 g/mol. The Hall–Kier alpha value is -2.48. The number of amides is 1. The third-order valence-corrected chi connectivity index (χ3v) is 3.59. The number of nitrogens with one attached hydrogen (secondary N) is 1. The Morgan fingerprint density at radius 2 is 2.15 bits per heavy atom. The molecule has 0 spiro atoms. The third kappa shape index (κ3) is 2.10. The molecule has 0 unspecified atom stereocenters. The molecule has 3 rings (SSSR count). The third-order valence-electron chi connectivity index (χ3n) is 2.70. The van der Waals surface area contributed by atoms with Crippen molar-refractivity contribution in [2.24, 2.45) is 0 Å². The summed E-state index contributed by atoms with van der Waals surface area (Å²) in [5.41, 5.74) is 0.600. The van der Waals surface area contributed by atoms with Crippen LogP contribution in [0.25, 0.3) is 4.96 Å². The first-order valence-electron chi connectivity index (χ1n) is 5.82. The van der Waals surface area contributed by atoms with Crippen molar-refractivity contribution < 1.29 is 9.53 Å². The molecule has 0 bridgehead atoms. The zero-order valence-corrected chi connectivity index (χ0v) is 11.6. The summed E-state index contributed by atoms with van der Waals surface area (Å²) in [5, 5.41) is 15.1. The SMILES string of the molecule is COc1ccccc1NC(=O)c1nn2c(C)nnc2s1. The topological polar surface area (TPSA) is 81.4 Å². The molecule has 1 aromatic carbocycles. The van der Waals surface area contributed by atoms with Gasteiger partial charge in [-0.1, -0.05) is 23.5 Å². The Bertz CT molecular complexity index is 779. The predicted molar refractivity (Wildman–Crippen MR) is 74.3 cm³/mol. The zero-order valence-electron chi connectivity index (χ0n) is 10.8. The van der Waals surface area contributed by atoms with Crippen LogP contribution in [0, 0.1) is 6.92 Å². The molecule has 1 amide bonds. The lowest BCUT2D eigenvalue weighted by atomic mass is 10.3. The van der Waals surface area contributed by atoms with Crippen LogP contribution in [0.5, 0.6) is 5.75 Å². The van der Waals surface area contributed by atoms with Gasteiger partial charge in [-0.15, -0.1) is 15.3 Å². The molecule has 1 N–H and O–H groups in total. The van der Waals surface area contributed by atoms with Crippen molar-refractivity contribution >= 4 is 27.9 Å². The van der Waals surface area contributed by atoms with Crippen molar-refractivity contribution in [2.45, 2.75) is 6.92 Å². The lowest BCUT2D eigenvalue weighted by molar-refractivity contribution is 0.102. The van der Waals surface area contributed by atoms with Gasteiger partial charge in [0.1, 0.15) is 5.75 Å². The molecule has 7 nitrogen and oxygen atoms in total. The van der Waals surface area contributed by atoms with Crippen LogP contribution in [0.15, 0.2) is 24.3 Å². The summed E-state index contributed by atoms with van der Waals surface area (Å²) in [5.74, 6) is 0.942. The fourth-order valence-corrected chi connectivity index (χ4v) is 2.51. The number of hydrogen-bond donors (Lipinski definition) is 1. The highest BCUT2D eigenvalue weighted by Gasteiger charge is 2.16. The maximum Gasteiger partial charge on any atom is 0.286 e. The van der Waals surface area contributed by atoms with Gasteiger partial charge in [0, 0.05) is 0 Å². The minimum absolute atomic E-state index is 0.301. The van der Waals surface area contributed by atoms with Gasteiger partial charge < -0.3 is 10.1 Å². The molecule has 0 saturated heterocycles. The first-order chi connectivity index (χ1) is 9.69. The van der Waals surface area contributed by atoms with E-state index in [4.69, 9.17) is 4.74 Å². The molecule has 0 radical (unpaired) electrons. The normalized spacial score (nSPS) is 10.7. The summed E-state index contributed by atoms with van der Waals surface area (Å²) in [6.07, 6.45) is 0. The number of fused-ring (bicyclic) bond motifs is 1. The van der Waals surface area contributed by atoms with E-state index in [-0.39, 0.29) is 5.91 Å². The Morgan fingerprint density at radius 3 is 2.90 bits per heavy atom. The van der Waals surface area contributed by atoms with Crippen LogP contribution < -0.4 is 10.1 Å². The summed E-state index contributed by atoms with van der Waals surface area (Å²) >= 11 is 1.18. The number of nitrogens with zero attached hydrogens (tertiary/aromatic N) is 4. The summed E-state index contributed by atoms with van der Waals surface area (Å²) in [4.78, 5) is 12.8. The first kappa shape index (κ1) is 12.5. The molecule has 0 fully saturated rings. The number of methoxy groups -OCH3 is 1. The molecule has 0 aliphatic heterocycles. The molecule has 102 valence electrons. The summed E-state index contributed by atoms with van der Waals surface area (Å²) in [6, 6.07) is 7.20. The van der Waals surface area contributed by atoms with E-state index < -0.39 is 0 Å². The highest BCUT2D eigenvalue weighted by molar-refractivity contribution is 7.18. The van der Waals surface area contributed by atoms with Gasteiger partial charge in [-0.25, -0.2) is 0 Å². The minimum Gasteiger partial charge on any atom is -0.495 e. The smallest absolute Gasteiger partial charge is 0.286 e. The predicted octanol–water partition coefficient (Wildman–Crippen LogP) is 1.76. The van der Waals surface area contributed by atoms with Crippen molar-refractivity contribution in [3.63, 3.8) is 0 Å². The Labute approximate surface area is 118 Å². The molecule has 8 heteroatoms. The van der Waals surface area contributed by atoms with Crippen molar-refractivity contribution in [1.82, 2.24) is 19.8 Å². The molecule has 3 aromatic rings. The van der Waals surface area contributed by atoms with E-state index in [9.17, 15) is 4.79 Å². The standard InChI is InChI=1S/C12H11N5O2S/c1-7-14-15-12-17(7)16-11(20-12)10(18)13-8-5-3-4-6-9(8)19-2/h3-6H,1-2H3,(H,13,18). The second-order valence-corrected chi connectivity index (χ2v) is 4.96. The van der Waals surface area contributed by atoms with Crippen molar-refractivity contribution in [1.29, 1.82) is 0 Å². The van der Waals surface area contributed by atoms with Gasteiger partial charge in [-0.3, -0.25) is 4.79 Å². The Balaban J connectivity index is 1.88. The molecule has 2 heterocycles. The van der Waals surface area contributed by atoms with Crippen LogP contribution >= 0.6 is 11.3 Å². The second kappa shape index (κ2) is 4.89. The van der Waals surface area contributed by atoms with Gasteiger partial charge in [0.25, 0.3) is 5.91 Å². The summed E-state index contributed by atoms with van der Waals surface area (Å²) in [6.45, 7) is 1.78. The maximum absolute atomic E-state index is 12.2. The average Bonchev–Trinajstić information content (AvgIpc) is 3.02. The highest BCUT2D eigenvalue weighted by Crippen LogP contribution is 2.24. The number of carbonyl (C=O) groups excluding carboxylic acids is 1. The molecule has 0 atom stereocenters. The van der Waals surface area contributed by atoms with E-state index in [0.717, 1.165) is 0 Å². The summed E-state index contributed by atoms with van der Waals surface area (Å²) < 4.78 is 6.73. The molecule has 0 aliphatic rings. The zero-order chi connectivity index (χ0) is 14.1. The number of para-hydroxylation sites is 2. The van der Waals surface area contributed by atoms with E-state index >= 15 is 0 Å². The number of aromatic nitrogens is 4. The van der Waals surface area contributed by atoms with E-state index in [1.54, 1.807) is 30.7 Å². The average molecular weight is 289 g/mol. The van der Waals surface area contributed by atoms with Gasteiger partial charge in [0.05, 0.1) is 12.8 Å². The largest absolute Gasteiger partial charge is 0.495 e. The molecule has 0 aliphatic carbocycles. The van der Waals surface area contributed by atoms with Crippen molar-refractivity contribution in [3.05, 3.63) is 35.1 Å². The van der Waals surface area contributed by atoms with Gasteiger partial charge in [-0.05, 0) is 19.1 Å². The van der Waals surface area contributed by atoms with E-state index in [1.807, 2.05) is 12.1 Å². The van der Waals surface area contributed by atoms with Gasteiger partial charge in [0.15, 0.2) is 5.82 Å². The second-order valence-electron chi connectivity index (χ2n) is 4.00. The van der Waals surface area contributed by atoms with Crippen LogP contribution in [-0.4, -0.2) is 32.8 Å². The van der Waals surface area contributed by atoms with E-state index in [1.165, 1.54) is 11.3 Å². The number of benzene rings is 1. The molecular formula is C12H11N5O2S. The van der Waals surface area contributed by atoms with Crippen LogP contribution in [0.1, 0.15) is 15.6 Å². The molecule has 20 heavy (non-hydrogen) atoms. The lowest BCUT2D eigenvalue weighted by Crippen LogP contribution is -2.12. The quantitative estimate of drug-likeness (QED) is 0.794.